The Morgan fingerprint density at radius 1 is 1.26 bits per heavy atom. The lowest BCUT2D eigenvalue weighted by Gasteiger charge is -2.20. The molecule has 0 spiro atoms. The van der Waals surface area contributed by atoms with Gasteiger partial charge >= 0.3 is 0 Å². The second kappa shape index (κ2) is 8.55. The number of pyridine rings is 1. The minimum absolute atomic E-state index is 0.0699. The van der Waals surface area contributed by atoms with Crippen LogP contribution in [0.4, 0.5) is 5.82 Å². The summed E-state index contributed by atoms with van der Waals surface area (Å²) in [5.74, 6) is 2.38. The maximum Gasteiger partial charge on any atom is 0.242 e. The van der Waals surface area contributed by atoms with Crippen LogP contribution in [0.15, 0.2) is 36.5 Å². The van der Waals surface area contributed by atoms with Crippen LogP contribution < -0.4 is 19.1 Å². The number of benzene rings is 1. The summed E-state index contributed by atoms with van der Waals surface area (Å²) in [5.41, 5.74) is 2.22. The Morgan fingerprint density at radius 3 is 2.81 bits per heavy atom. The highest BCUT2D eigenvalue weighted by atomic mass is 16.7. The first-order valence-corrected chi connectivity index (χ1v) is 9.95. The molecule has 0 bridgehead atoms. The zero-order valence-corrected chi connectivity index (χ0v) is 17.7. The lowest BCUT2D eigenvalue weighted by atomic mass is 10.2. The molecule has 9 nitrogen and oxygen atoms in total. The first kappa shape index (κ1) is 20.5. The van der Waals surface area contributed by atoms with Gasteiger partial charge in [-0.2, -0.15) is 0 Å². The van der Waals surface area contributed by atoms with Crippen LogP contribution in [0.1, 0.15) is 18.2 Å². The molecule has 0 saturated heterocycles. The van der Waals surface area contributed by atoms with Crippen molar-refractivity contribution in [1.29, 1.82) is 0 Å². The quantitative estimate of drug-likeness (QED) is 0.516. The number of hydrogen-bond acceptors (Lipinski definition) is 6. The van der Waals surface area contributed by atoms with Gasteiger partial charge in [-0.3, -0.25) is 18.9 Å². The Bertz CT molecular complexity index is 1120. The first-order valence-electron chi connectivity index (χ1n) is 9.95. The topological polar surface area (TPSA) is 85.6 Å². The monoisotopic (exact) mass is 424 g/mol. The predicted octanol–water partition coefficient (Wildman–Crippen LogP) is 2.26. The van der Waals surface area contributed by atoms with Crippen LogP contribution in [-0.2, 0) is 22.6 Å². The van der Waals surface area contributed by atoms with Crippen molar-refractivity contribution in [2.45, 2.75) is 20.0 Å². The standard InChI is InChI=1S/C22H24N4O5/c1-4-16-22(25(13-27)11-20(28)24(2)3)26-9-5-6-18(21(26)23-16)29-12-15-7-8-17-19(10-15)31-14-30-17/h5-10,13H,4,11-12,14H2,1-3H3. The molecule has 0 saturated carbocycles. The largest absolute Gasteiger partial charge is 0.485 e. The highest BCUT2D eigenvalue weighted by Crippen LogP contribution is 2.33. The summed E-state index contributed by atoms with van der Waals surface area (Å²) in [6.45, 7) is 2.42. The second-order valence-electron chi connectivity index (χ2n) is 7.30. The van der Waals surface area contributed by atoms with Crippen molar-refractivity contribution in [3.05, 3.63) is 47.8 Å². The van der Waals surface area contributed by atoms with E-state index in [1.54, 1.807) is 24.7 Å². The predicted molar refractivity (Wildman–Crippen MR) is 114 cm³/mol. The number of likely N-dealkylation sites (N-methyl/N-ethyl adjacent to an activating group) is 1. The Balaban J connectivity index is 1.63. The molecule has 3 aromatic rings. The van der Waals surface area contributed by atoms with Crippen molar-refractivity contribution in [3.8, 4) is 17.2 Å². The molecule has 0 radical (unpaired) electrons. The number of nitrogens with zero attached hydrogens (tertiary/aromatic N) is 4. The van der Waals surface area contributed by atoms with Gasteiger partial charge in [0.2, 0.25) is 19.1 Å². The Kier molecular flexibility index (Phi) is 5.66. The van der Waals surface area contributed by atoms with Gasteiger partial charge < -0.3 is 19.1 Å². The molecule has 4 rings (SSSR count). The van der Waals surface area contributed by atoms with E-state index in [2.05, 4.69) is 0 Å². The molecule has 0 fully saturated rings. The fraction of sp³-hybridized carbons (Fsp3) is 0.318. The van der Waals surface area contributed by atoms with Crippen molar-refractivity contribution in [3.63, 3.8) is 0 Å². The fourth-order valence-electron chi connectivity index (χ4n) is 3.37. The van der Waals surface area contributed by atoms with Gasteiger partial charge in [0.15, 0.2) is 22.9 Å². The molecule has 1 aliphatic heterocycles. The summed E-state index contributed by atoms with van der Waals surface area (Å²) >= 11 is 0. The van der Waals surface area contributed by atoms with Crippen LogP contribution in [0.25, 0.3) is 5.65 Å². The second-order valence-corrected chi connectivity index (χ2v) is 7.30. The molecular weight excluding hydrogens is 400 g/mol. The Hall–Kier alpha value is -3.75. The highest BCUT2D eigenvalue weighted by molar-refractivity contribution is 5.89. The SMILES string of the molecule is CCc1nc2c(OCc3ccc4c(c3)OCO4)cccn2c1N(C=O)CC(=O)N(C)C. The third kappa shape index (κ3) is 3.98. The van der Waals surface area contributed by atoms with Gasteiger partial charge in [-0.1, -0.05) is 13.0 Å². The van der Waals surface area contributed by atoms with Crippen LogP contribution in [0.5, 0.6) is 17.2 Å². The van der Waals surface area contributed by atoms with Crippen LogP contribution in [-0.4, -0.2) is 54.0 Å². The van der Waals surface area contributed by atoms with Crippen LogP contribution >= 0.6 is 0 Å². The van der Waals surface area contributed by atoms with E-state index in [1.165, 1.54) is 9.80 Å². The average Bonchev–Trinajstić information content (AvgIpc) is 3.39. The molecule has 1 aliphatic rings. The minimum Gasteiger partial charge on any atom is -0.485 e. The average molecular weight is 424 g/mol. The molecule has 162 valence electrons. The lowest BCUT2D eigenvalue weighted by Crippen LogP contribution is -2.36. The normalized spacial score (nSPS) is 12.1. The molecule has 3 heterocycles. The van der Waals surface area contributed by atoms with Gasteiger partial charge in [0, 0.05) is 20.3 Å². The van der Waals surface area contributed by atoms with Gasteiger partial charge in [0.05, 0.1) is 5.69 Å². The van der Waals surface area contributed by atoms with E-state index >= 15 is 0 Å². The van der Waals surface area contributed by atoms with Crippen LogP contribution in [0.2, 0.25) is 0 Å². The number of anilines is 1. The summed E-state index contributed by atoms with van der Waals surface area (Å²) in [6, 6.07) is 9.31. The van der Waals surface area contributed by atoms with E-state index in [9.17, 15) is 9.59 Å². The number of amides is 2. The van der Waals surface area contributed by atoms with Crippen molar-refractivity contribution in [2.24, 2.45) is 0 Å². The molecule has 0 unspecified atom stereocenters. The summed E-state index contributed by atoms with van der Waals surface area (Å²) in [7, 11) is 3.31. The number of carbonyl (C=O) groups is 2. The van der Waals surface area contributed by atoms with Gasteiger partial charge in [-0.05, 0) is 36.2 Å². The molecule has 1 aromatic carbocycles. The summed E-state index contributed by atoms with van der Waals surface area (Å²) in [5, 5.41) is 0. The van der Waals surface area contributed by atoms with Gasteiger partial charge in [-0.15, -0.1) is 0 Å². The molecular formula is C22H24N4O5. The van der Waals surface area contributed by atoms with Crippen LogP contribution in [0, 0.1) is 0 Å². The number of carbonyl (C=O) groups excluding carboxylic acids is 2. The molecule has 2 amide bonds. The highest BCUT2D eigenvalue weighted by Gasteiger charge is 2.22. The summed E-state index contributed by atoms with van der Waals surface area (Å²) in [6.07, 6.45) is 3.06. The zero-order valence-electron chi connectivity index (χ0n) is 17.7. The van der Waals surface area contributed by atoms with E-state index in [0.717, 1.165) is 11.3 Å². The zero-order chi connectivity index (χ0) is 22.0. The molecule has 2 aromatic heterocycles. The number of hydrogen-bond donors (Lipinski definition) is 0. The van der Waals surface area contributed by atoms with E-state index in [1.807, 2.05) is 37.3 Å². The third-order valence-electron chi connectivity index (χ3n) is 5.03. The van der Waals surface area contributed by atoms with E-state index < -0.39 is 0 Å². The molecule has 0 atom stereocenters. The number of rotatable bonds is 8. The summed E-state index contributed by atoms with van der Waals surface area (Å²) < 4.78 is 18.6. The molecule has 31 heavy (non-hydrogen) atoms. The smallest absolute Gasteiger partial charge is 0.242 e. The number of fused-ring (bicyclic) bond motifs is 2. The van der Waals surface area contributed by atoms with Crippen LogP contribution in [0.3, 0.4) is 0 Å². The Labute approximate surface area is 179 Å². The Morgan fingerprint density at radius 2 is 2.06 bits per heavy atom. The van der Waals surface area contributed by atoms with Gasteiger partial charge in [-0.25, -0.2) is 4.98 Å². The van der Waals surface area contributed by atoms with Crippen molar-refractivity contribution in [2.75, 3.05) is 32.3 Å². The number of imidazole rings is 1. The molecule has 9 heteroatoms. The maximum absolute atomic E-state index is 12.2. The molecule has 0 aliphatic carbocycles. The van der Waals surface area contributed by atoms with E-state index in [0.29, 0.717) is 48.1 Å². The van der Waals surface area contributed by atoms with Crippen molar-refractivity contribution < 1.29 is 23.8 Å². The minimum atomic E-state index is -0.181. The number of aryl methyl sites for hydroxylation is 1. The lowest BCUT2D eigenvalue weighted by molar-refractivity contribution is -0.128. The number of aromatic nitrogens is 2. The van der Waals surface area contributed by atoms with Gasteiger partial charge in [0.1, 0.15) is 19.0 Å². The van der Waals surface area contributed by atoms with E-state index in [4.69, 9.17) is 19.2 Å². The first-order chi connectivity index (χ1) is 15.0. The molecule has 0 N–H and O–H groups in total. The van der Waals surface area contributed by atoms with Crippen molar-refractivity contribution >= 4 is 23.8 Å². The third-order valence-corrected chi connectivity index (χ3v) is 5.03. The van der Waals surface area contributed by atoms with Gasteiger partial charge in [0.25, 0.3) is 0 Å². The van der Waals surface area contributed by atoms with Crippen molar-refractivity contribution in [1.82, 2.24) is 14.3 Å². The summed E-state index contributed by atoms with van der Waals surface area (Å²) in [4.78, 5) is 31.5. The fourth-order valence-corrected chi connectivity index (χ4v) is 3.37. The maximum atomic E-state index is 12.2. The number of ether oxygens (including phenoxy) is 3. The van der Waals surface area contributed by atoms with E-state index in [-0.39, 0.29) is 19.2 Å².